The van der Waals surface area contributed by atoms with Gasteiger partial charge in [-0.05, 0) is 65.7 Å². The largest absolute Gasteiger partial charge is 0.478 e. The van der Waals surface area contributed by atoms with Gasteiger partial charge in [0, 0.05) is 28.6 Å². The Morgan fingerprint density at radius 1 is 1.14 bits per heavy atom. The minimum absolute atomic E-state index is 0.167. The number of carboxylic acid groups (broad SMARTS) is 1. The molecule has 37 heavy (non-hydrogen) atoms. The minimum Gasteiger partial charge on any atom is -0.478 e. The van der Waals surface area contributed by atoms with Crippen LogP contribution in [-0.4, -0.2) is 40.2 Å². The number of thiol groups is 1. The van der Waals surface area contributed by atoms with Crippen LogP contribution in [0.25, 0.3) is 11.1 Å². The summed E-state index contributed by atoms with van der Waals surface area (Å²) >= 11 is 5.71. The number of hydrogen-bond acceptors (Lipinski definition) is 7. The highest BCUT2D eigenvalue weighted by Crippen LogP contribution is 2.31. The first kappa shape index (κ1) is 26.2. The number of rotatable bonds is 9. The zero-order valence-electron chi connectivity index (χ0n) is 19.6. The van der Waals surface area contributed by atoms with Crippen molar-refractivity contribution < 1.29 is 23.9 Å². The molecular weight excluding hydrogens is 513 g/mol. The van der Waals surface area contributed by atoms with Crippen molar-refractivity contribution in [2.24, 2.45) is 0 Å². The lowest BCUT2D eigenvalue weighted by Gasteiger charge is -2.28. The van der Waals surface area contributed by atoms with Gasteiger partial charge in [-0.3, -0.25) is 14.5 Å². The molecule has 3 aromatic carbocycles. The summed E-state index contributed by atoms with van der Waals surface area (Å²) in [4.78, 5) is 42.7. The molecule has 2 N–H and O–H groups in total. The Labute approximate surface area is 222 Å². The van der Waals surface area contributed by atoms with Crippen LogP contribution < -0.4 is 5.32 Å². The molecule has 0 aliphatic carbocycles. The lowest BCUT2D eigenvalue weighted by Crippen LogP contribution is -2.35. The number of nitrogens with one attached hydrogen (secondary N) is 1. The first-order chi connectivity index (χ1) is 17.8. The normalized spacial score (nSPS) is 11.8. The number of nitrogens with zero attached hydrogens (tertiary/aromatic N) is 2. The Kier molecular flexibility index (Phi) is 8.12. The van der Waals surface area contributed by atoms with E-state index in [9.17, 15) is 18.8 Å². The van der Waals surface area contributed by atoms with Gasteiger partial charge in [-0.25, -0.2) is 14.2 Å². The lowest BCUT2D eigenvalue weighted by atomic mass is 9.97. The van der Waals surface area contributed by atoms with Crippen LogP contribution in [-0.2, 0) is 11.3 Å². The third kappa shape index (κ3) is 6.11. The molecule has 0 aliphatic heterocycles. The molecule has 0 aliphatic rings. The Bertz CT molecular complexity index is 1440. The summed E-state index contributed by atoms with van der Waals surface area (Å²) in [6, 6.07) is 14.8. The Balaban J connectivity index is 1.64. The maximum absolute atomic E-state index is 14.2. The van der Waals surface area contributed by atoms with Gasteiger partial charge in [-0.15, -0.1) is 24.0 Å². The van der Waals surface area contributed by atoms with Crippen LogP contribution >= 0.6 is 24.0 Å². The van der Waals surface area contributed by atoms with Gasteiger partial charge in [0.1, 0.15) is 18.1 Å². The summed E-state index contributed by atoms with van der Waals surface area (Å²) in [6.07, 6.45) is 2.30. The third-order valence-corrected chi connectivity index (χ3v) is 6.89. The number of carboxylic acids is 1. The van der Waals surface area contributed by atoms with Crippen molar-refractivity contribution in [3.8, 4) is 11.1 Å². The molecule has 0 saturated heterocycles. The second-order valence-electron chi connectivity index (χ2n) is 8.26. The molecule has 1 aromatic heterocycles. The molecule has 1 heterocycles. The number of carbonyl (C=O) groups is 3. The molecule has 10 heteroatoms. The molecule has 0 fully saturated rings. The van der Waals surface area contributed by atoms with Gasteiger partial charge in [-0.1, -0.05) is 24.3 Å². The van der Waals surface area contributed by atoms with Crippen LogP contribution in [0.3, 0.4) is 0 Å². The number of thiazole rings is 1. The van der Waals surface area contributed by atoms with Crippen molar-refractivity contribution in [3.05, 3.63) is 100 Å². The standard InChI is InChI=1S/C27H22FN3O4S2/c1-31(24(22-13-21(28)8-9-23(22)36)25(33)30-27-29-10-11-37-27)14-19-7-6-18(12-20(19)15-32)16-2-4-17(5-3-16)26(34)35/h2-13,15,24,36H,14H2,1H3,(H,34,35)(H,29,30,33). The average Bonchev–Trinajstić information content (AvgIpc) is 3.39. The van der Waals surface area contributed by atoms with Crippen molar-refractivity contribution >= 4 is 47.3 Å². The number of aromatic carboxylic acids is 1. The van der Waals surface area contributed by atoms with Crippen molar-refractivity contribution in [1.82, 2.24) is 9.88 Å². The van der Waals surface area contributed by atoms with Crippen LogP contribution in [0.15, 0.2) is 77.1 Å². The second-order valence-corrected chi connectivity index (χ2v) is 9.64. The number of anilines is 1. The SMILES string of the molecule is CN(Cc1ccc(-c2ccc(C(=O)O)cc2)cc1C=O)C(C(=O)Nc1nccs1)c1cc(F)ccc1S. The molecule has 0 spiro atoms. The van der Waals surface area contributed by atoms with E-state index >= 15 is 0 Å². The summed E-state index contributed by atoms with van der Waals surface area (Å²) in [5.41, 5.74) is 3.12. The number of carbonyl (C=O) groups excluding carboxylic acids is 2. The van der Waals surface area contributed by atoms with Crippen LogP contribution in [0.4, 0.5) is 9.52 Å². The maximum atomic E-state index is 14.2. The number of hydrogen-bond donors (Lipinski definition) is 3. The smallest absolute Gasteiger partial charge is 0.335 e. The molecule has 0 saturated carbocycles. The quantitative estimate of drug-likeness (QED) is 0.192. The van der Waals surface area contributed by atoms with Gasteiger partial charge >= 0.3 is 5.97 Å². The lowest BCUT2D eigenvalue weighted by molar-refractivity contribution is -0.121. The molecule has 1 unspecified atom stereocenters. The van der Waals surface area contributed by atoms with Gasteiger partial charge < -0.3 is 10.4 Å². The van der Waals surface area contributed by atoms with Crippen LogP contribution in [0.5, 0.6) is 0 Å². The van der Waals surface area contributed by atoms with Gasteiger partial charge in [0.05, 0.1) is 5.56 Å². The van der Waals surface area contributed by atoms with Gasteiger partial charge in [0.15, 0.2) is 5.13 Å². The van der Waals surface area contributed by atoms with E-state index in [1.54, 1.807) is 47.8 Å². The highest BCUT2D eigenvalue weighted by atomic mass is 32.1. The average molecular weight is 536 g/mol. The molecule has 0 radical (unpaired) electrons. The molecule has 4 aromatic rings. The Hall–Kier alpha value is -3.86. The topological polar surface area (TPSA) is 99.6 Å². The zero-order chi connectivity index (χ0) is 26.5. The molecule has 1 amide bonds. The molecular formula is C27H22FN3O4S2. The van der Waals surface area contributed by atoms with Gasteiger partial charge in [-0.2, -0.15) is 0 Å². The fourth-order valence-electron chi connectivity index (χ4n) is 3.98. The summed E-state index contributed by atoms with van der Waals surface area (Å²) in [6.45, 7) is 0.200. The second kappa shape index (κ2) is 11.5. The monoisotopic (exact) mass is 535 g/mol. The Morgan fingerprint density at radius 3 is 2.51 bits per heavy atom. The van der Waals surface area contributed by atoms with E-state index in [1.165, 1.54) is 41.7 Å². The molecule has 4 rings (SSSR count). The molecule has 1 atom stereocenters. The van der Waals surface area contributed by atoms with E-state index in [0.717, 1.165) is 17.4 Å². The zero-order valence-corrected chi connectivity index (χ0v) is 21.3. The number of aldehydes is 1. The summed E-state index contributed by atoms with van der Waals surface area (Å²) < 4.78 is 14.2. The van der Waals surface area contributed by atoms with Gasteiger partial charge in [0.25, 0.3) is 0 Å². The van der Waals surface area contributed by atoms with Crippen LogP contribution in [0.2, 0.25) is 0 Å². The van der Waals surface area contributed by atoms with Gasteiger partial charge in [0.2, 0.25) is 5.91 Å². The van der Waals surface area contributed by atoms with Crippen molar-refractivity contribution in [1.29, 1.82) is 0 Å². The maximum Gasteiger partial charge on any atom is 0.335 e. The summed E-state index contributed by atoms with van der Waals surface area (Å²) in [7, 11) is 1.71. The van der Waals surface area contributed by atoms with E-state index in [-0.39, 0.29) is 12.1 Å². The van der Waals surface area contributed by atoms with Crippen LogP contribution in [0.1, 0.15) is 37.9 Å². The predicted molar refractivity (Wildman–Crippen MR) is 143 cm³/mol. The number of likely N-dealkylation sites (N-methyl/N-ethyl adjacent to an activating group) is 1. The number of benzene rings is 3. The first-order valence-electron chi connectivity index (χ1n) is 11.1. The van der Waals surface area contributed by atoms with Crippen molar-refractivity contribution in [2.75, 3.05) is 12.4 Å². The van der Waals surface area contributed by atoms with Crippen LogP contribution in [0, 0.1) is 5.82 Å². The summed E-state index contributed by atoms with van der Waals surface area (Å²) in [5, 5.41) is 14.0. The van der Waals surface area contributed by atoms with E-state index in [1.807, 2.05) is 6.07 Å². The predicted octanol–water partition coefficient (Wildman–Crippen LogP) is 5.56. The van der Waals surface area contributed by atoms with E-state index in [4.69, 9.17) is 5.11 Å². The fourth-order valence-corrected chi connectivity index (χ4v) is 4.77. The molecule has 188 valence electrons. The van der Waals surface area contributed by atoms with E-state index < -0.39 is 23.7 Å². The highest BCUT2D eigenvalue weighted by Gasteiger charge is 2.28. The third-order valence-electron chi connectivity index (χ3n) is 5.79. The number of halogens is 1. The summed E-state index contributed by atoms with van der Waals surface area (Å²) in [5.74, 6) is -1.93. The first-order valence-corrected chi connectivity index (χ1v) is 12.4. The minimum atomic E-state index is -1.02. The molecule has 7 nitrogen and oxygen atoms in total. The van der Waals surface area contributed by atoms with Crippen molar-refractivity contribution in [3.63, 3.8) is 0 Å². The Morgan fingerprint density at radius 2 is 1.86 bits per heavy atom. The highest BCUT2D eigenvalue weighted by molar-refractivity contribution is 7.80. The number of aromatic nitrogens is 1. The van der Waals surface area contributed by atoms with Crippen molar-refractivity contribution in [2.45, 2.75) is 17.5 Å². The number of amides is 1. The fraction of sp³-hybridized carbons (Fsp3) is 0.111. The van der Waals surface area contributed by atoms with E-state index in [2.05, 4.69) is 22.9 Å². The van der Waals surface area contributed by atoms with E-state index in [0.29, 0.717) is 26.7 Å². The molecule has 0 bridgehead atoms.